The van der Waals surface area contributed by atoms with Crippen molar-refractivity contribution in [2.75, 3.05) is 6.61 Å². The van der Waals surface area contributed by atoms with Gasteiger partial charge in [-0.05, 0) is 23.8 Å². The molecule has 5 heteroatoms. The maximum atomic E-state index is 13.3. The monoisotopic (exact) mass is 261 g/mol. The number of aromatic amines is 1. The van der Waals surface area contributed by atoms with E-state index in [-0.39, 0.29) is 24.4 Å². The molecule has 98 valence electrons. The zero-order valence-corrected chi connectivity index (χ0v) is 10.1. The lowest BCUT2D eigenvalue weighted by molar-refractivity contribution is -0.141. The summed E-state index contributed by atoms with van der Waals surface area (Å²) < 4.78 is 18.1. The number of nitrogens with one attached hydrogen (secondary N) is 1. The summed E-state index contributed by atoms with van der Waals surface area (Å²) in [6.45, 7) is -0.353. The number of rotatable bonds is 5. The molecule has 0 bridgehead atoms. The first-order valence-electron chi connectivity index (χ1n) is 5.72. The van der Waals surface area contributed by atoms with Crippen molar-refractivity contribution >= 4 is 11.8 Å². The molecular weight excluding hydrogens is 249 g/mol. The smallest absolute Gasteiger partial charge is 0.310 e. The van der Waals surface area contributed by atoms with E-state index in [1.54, 1.807) is 30.5 Å². The van der Waals surface area contributed by atoms with Crippen molar-refractivity contribution in [2.24, 2.45) is 0 Å². The number of benzene rings is 1. The molecule has 0 fully saturated rings. The van der Waals surface area contributed by atoms with E-state index in [4.69, 9.17) is 4.74 Å². The Labute approximate surface area is 109 Å². The minimum absolute atomic E-state index is 0.190. The first-order chi connectivity index (χ1) is 9.16. The van der Waals surface area contributed by atoms with Gasteiger partial charge in [0.05, 0.1) is 12.1 Å². The van der Waals surface area contributed by atoms with Crippen LogP contribution in [0.4, 0.5) is 4.39 Å². The van der Waals surface area contributed by atoms with E-state index < -0.39 is 11.8 Å². The van der Waals surface area contributed by atoms with Crippen LogP contribution in [0.2, 0.25) is 0 Å². The highest BCUT2D eigenvalue weighted by atomic mass is 19.1. The Morgan fingerprint density at radius 2 is 1.95 bits per heavy atom. The molecule has 19 heavy (non-hydrogen) atoms. The van der Waals surface area contributed by atoms with Crippen LogP contribution in [0.3, 0.4) is 0 Å². The summed E-state index contributed by atoms with van der Waals surface area (Å²) in [4.78, 5) is 25.8. The molecule has 0 radical (unpaired) electrons. The number of carbonyl (C=O) groups is 2. The molecule has 0 amide bonds. The zero-order valence-electron chi connectivity index (χ0n) is 10.1. The van der Waals surface area contributed by atoms with Crippen molar-refractivity contribution in [3.8, 4) is 0 Å². The van der Waals surface area contributed by atoms with Crippen LogP contribution in [0.25, 0.3) is 0 Å². The summed E-state index contributed by atoms with van der Waals surface area (Å²) >= 11 is 0. The normalized spacial score (nSPS) is 10.2. The van der Waals surface area contributed by atoms with Gasteiger partial charge in [0.1, 0.15) is 5.82 Å². The van der Waals surface area contributed by atoms with Crippen molar-refractivity contribution in [1.29, 1.82) is 0 Å². The maximum Gasteiger partial charge on any atom is 0.310 e. The van der Waals surface area contributed by atoms with Gasteiger partial charge in [0.15, 0.2) is 6.61 Å². The quantitative estimate of drug-likeness (QED) is 0.662. The third-order valence-electron chi connectivity index (χ3n) is 2.56. The van der Waals surface area contributed by atoms with Gasteiger partial charge in [-0.15, -0.1) is 0 Å². The van der Waals surface area contributed by atoms with Crippen LogP contribution in [0, 0.1) is 5.82 Å². The Bertz CT molecular complexity index is 578. The van der Waals surface area contributed by atoms with Crippen LogP contribution in [0.1, 0.15) is 16.1 Å². The Hall–Kier alpha value is -2.43. The molecule has 0 aliphatic heterocycles. The molecule has 0 unspecified atom stereocenters. The highest BCUT2D eigenvalue weighted by Gasteiger charge is 2.12. The Balaban J connectivity index is 1.86. The number of H-pyrrole nitrogens is 1. The highest BCUT2D eigenvalue weighted by Crippen LogP contribution is 2.08. The second-order valence-corrected chi connectivity index (χ2v) is 3.94. The van der Waals surface area contributed by atoms with Crippen molar-refractivity contribution in [1.82, 2.24) is 4.98 Å². The Kier molecular flexibility index (Phi) is 4.07. The molecule has 0 atom stereocenters. The number of aromatic nitrogens is 1. The van der Waals surface area contributed by atoms with Gasteiger partial charge in [-0.2, -0.15) is 0 Å². The number of ketones is 1. The van der Waals surface area contributed by atoms with Gasteiger partial charge in [0, 0.05) is 6.20 Å². The van der Waals surface area contributed by atoms with Crippen LogP contribution in [-0.2, 0) is 16.0 Å². The Morgan fingerprint density at radius 1 is 1.16 bits per heavy atom. The molecule has 1 aromatic heterocycles. The lowest BCUT2D eigenvalue weighted by Crippen LogP contribution is -2.16. The fourth-order valence-electron chi connectivity index (χ4n) is 1.58. The average molecular weight is 261 g/mol. The summed E-state index contributed by atoms with van der Waals surface area (Å²) in [5, 5.41) is 0. The third kappa shape index (κ3) is 3.51. The van der Waals surface area contributed by atoms with Gasteiger partial charge in [-0.1, -0.05) is 18.2 Å². The number of halogens is 1. The number of hydrogen-bond acceptors (Lipinski definition) is 3. The molecule has 0 aliphatic carbocycles. The molecule has 1 N–H and O–H groups in total. The summed E-state index contributed by atoms with van der Waals surface area (Å²) in [7, 11) is 0. The fourth-order valence-corrected chi connectivity index (χ4v) is 1.58. The van der Waals surface area contributed by atoms with Gasteiger partial charge < -0.3 is 9.72 Å². The van der Waals surface area contributed by atoms with Crippen molar-refractivity contribution < 1.29 is 18.7 Å². The van der Waals surface area contributed by atoms with Gasteiger partial charge >= 0.3 is 5.97 Å². The molecule has 0 saturated carbocycles. The molecule has 1 heterocycles. The number of Topliss-reactive ketones (excluding diaryl/α,β-unsaturated/α-hetero) is 1. The SMILES string of the molecule is O=C(Cc1ccccc1F)OCC(=O)c1ccc[nH]1. The van der Waals surface area contributed by atoms with Crippen LogP contribution >= 0.6 is 0 Å². The average Bonchev–Trinajstić information content (AvgIpc) is 2.93. The molecule has 0 spiro atoms. The van der Waals surface area contributed by atoms with E-state index in [9.17, 15) is 14.0 Å². The van der Waals surface area contributed by atoms with Crippen molar-refractivity contribution in [3.63, 3.8) is 0 Å². The first-order valence-corrected chi connectivity index (χ1v) is 5.72. The minimum atomic E-state index is -0.634. The predicted molar refractivity (Wildman–Crippen MR) is 66.2 cm³/mol. The molecule has 1 aromatic carbocycles. The van der Waals surface area contributed by atoms with E-state index in [1.165, 1.54) is 12.1 Å². The van der Waals surface area contributed by atoms with E-state index in [0.717, 1.165) is 0 Å². The van der Waals surface area contributed by atoms with Gasteiger partial charge in [0.2, 0.25) is 5.78 Å². The van der Waals surface area contributed by atoms with E-state index in [0.29, 0.717) is 5.69 Å². The summed E-state index contributed by atoms with van der Waals surface area (Å²) in [6.07, 6.45) is 1.42. The van der Waals surface area contributed by atoms with E-state index >= 15 is 0 Å². The summed E-state index contributed by atoms with van der Waals surface area (Å²) in [5.74, 6) is -1.42. The topological polar surface area (TPSA) is 59.2 Å². The second kappa shape index (κ2) is 5.95. The lowest BCUT2D eigenvalue weighted by atomic mass is 10.1. The van der Waals surface area contributed by atoms with Crippen LogP contribution in [0.5, 0.6) is 0 Å². The number of esters is 1. The molecule has 2 rings (SSSR count). The zero-order chi connectivity index (χ0) is 13.7. The Morgan fingerprint density at radius 3 is 2.63 bits per heavy atom. The maximum absolute atomic E-state index is 13.3. The summed E-state index contributed by atoms with van der Waals surface area (Å²) in [6, 6.07) is 9.21. The van der Waals surface area contributed by atoms with Crippen molar-refractivity contribution in [2.45, 2.75) is 6.42 Å². The highest BCUT2D eigenvalue weighted by molar-refractivity contribution is 5.96. The fraction of sp³-hybridized carbons (Fsp3) is 0.143. The largest absolute Gasteiger partial charge is 0.457 e. The van der Waals surface area contributed by atoms with Crippen molar-refractivity contribution in [3.05, 3.63) is 59.7 Å². The lowest BCUT2D eigenvalue weighted by Gasteiger charge is -2.04. The van der Waals surface area contributed by atoms with Gasteiger partial charge in [-0.25, -0.2) is 4.39 Å². The second-order valence-electron chi connectivity index (χ2n) is 3.94. The van der Waals surface area contributed by atoms with Gasteiger partial charge in [-0.3, -0.25) is 9.59 Å². The number of hydrogen-bond donors (Lipinski definition) is 1. The first kappa shape index (κ1) is 13.0. The standard InChI is InChI=1S/C14H12FNO3/c15-11-5-2-1-4-10(11)8-14(18)19-9-13(17)12-6-3-7-16-12/h1-7,16H,8-9H2. The minimum Gasteiger partial charge on any atom is -0.457 e. The number of ether oxygens (including phenoxy) is 1. The van der Waals surface area contributed by atoms with Crippen LogP contribution < -0.4 is 0 Å². The van der Waals surface area contributed by atoms with Crippen LogP contribution in [-0.4, -0.2) is 23.3 Å². The van der Waals surface area contributed by atoms with Gasteiger partial charge in [0.25, 0.3) is 0 Å². The van der Waals surface area contributed by atoms with Crippen LogP contribution in [0.15, 0.2) is 42.6 Å². The van der Waals surface area contributed by atoms with E-state index in [2.05, 4.69) is 4.98 Å². The molecule has 0 saturated heterocycles. The molecule has 2 aromatic rings. The third-order valence-corrected chi connectivity index (χ3v) is 2.56. The predicted octanol–water partition coefficient (Wildman–Crippen LogP) is 2.12. The van der Waals surface area contributed by atoms with E-state index in [1.807, 2.05) is 0 Å². The summed E-state index contributed by atoms with van der Waals surface area (Å²) in [5.41, 5.74) is 0.624. The molecule has 4 nitrogen and oxygen atoms in total. The molecular formula is C14H12FNO3. The molecule has 0 aliphatic rings. The number of carbonyl (C=O) groups excluding carboxylic acids is 2.